The molecule has 34 heavy (non-hydrogen) atoms. The Morgan fingerprint density at radius 3 is 2.50 bits per heavy atom. The smallest absolute Gasteiger partial charge is 0.243 e. The van der Waals surface area contributed by atoms with Crippen molar-refractivity contribution < 1.29 is 22.3 Å². The van der Waals surface area contributed by atoms with Gasteiger partial charge in [-0.1, -0.05) is 12.1 Å². The second kappa shape index (κ2) is 9.94. The maximum Gasteiger partial charge on any atom is 0.243 e. The van der Waals surface area contributed by atoms with E-state index in [1.54, 1.807) is 13.3 Å². The van der Waals surface area contributed by atoms with Gasteiger partial charge in [0.05, 0.1) is 12.0 Å². The number of hydrogen-bond donors (Lipinski definition) is 1. The van der Waals surface area contributed by atoms with Crippen LogP contribution in [0.5, 0.6) is 5.75 Å². The molecule has 4 rings (SSSR count). The zero-order chi connectivity index (χ0) is 24.3. The van der Waals surface area contributed by atoms with Crippen LogP contribution in [0.3, 0.4) is 0 Å². The number of ether oxygens (including phenoxy) is 1. The normalized spacial score (nSPS) is 16.2. The van der Waals surface area contributed by atoms with Gasteiger partial charge in [0.1, 0.15) is 23.4 Å². The van der Waals surface area contributed by atoms with Crippen molar-refractivity contribution in [2.75, 3.05) is 20.2 Å². The Hall–Kier alpha value is -3.24. The van der Waals surface area contributed by atoms with E-state index in [1.165, 1.54) is 16.4 Å². The molecule has 1 atom stereocenters. The predicted octanol–water partition coefficient (Wildman–Crippen LogP) is 2.87. The van der Waals surface area contributed by atoms with Crippen LogP contribution in [0.15, 0.2) is 65.8 Å². The molecule has 1 fully saturated rings. The van der Waals surface area contributed by atoms with Gasteiger partial charge in [-0.25, -0.2) is 17.8 Å². The average Bonchev–Trinajstić information content (AvgIpc) is 3.28. The summed E-state index contributed by atoms with van der Waals surface area (Å²) in [5, 5.41) is 3.10. The highest BCUT2D eigenvalue weighted by atomic mass is 32.2. The van der Waals surface area contributed by atoms with Gasteiger partial charge < -0.3 is 14.6 Å². The average molecular weight is 487 g/mol. The van der Waals surface area contributed by atoms with Crippen LogP contribution in [0.1, 0.15) is 30.3 Å². The van der Waals surface area contributed by atoms with E-state index in [9.17, 15) is 17.6 Å². The minimum atomic E-state index is -3.74. The van der Waals surface area contributed by atoms with E-state index in [1.807, 2.05) is 42.1 Å². The van der Waals surface area contributed by atoms with Gasteiger partial charge in [-0.3, -0.25) is 4.79 Å². The Labute approximate surface area is 198 Å². The number of benzene rings is 2. The van der Waals surface area contributed by atoms with Crippen molar-refractivity contribution in [1.82, 2.24) is 19.2 Å². The third-order valence-electron chi connectivity index (χ3n) is 6.11. The van der Waals surface area contributed by atoms with Gasteiger partial charge in [0.2, 0.25) is 15.9 Å². The maximum absolute atomic E-state index is 13.2. The minimum Gasteiger partial charge on any atom is -0.497 e. The molecule has 1 aromatic heterocycles. The third kappa shape index (κ3) is 4.97. The number of amides is 1. The number of aryl methyl sites for hydroxylation is 1. The Bertz CT molecular complexity index is 1250. The summed E-state index contributed by atoms with van der Waals surface area (Å²) in [5.74, 6) is 0.360. The van der Waals surface area contributed by atoms with Gasteiger partial charge in [0.15, 0.2) is 0 Å². The monoisotopic (exact) mass is 486 g/mol. The van der Waals surface area contributed by atoms with Gasteiger partial charge >= 0.3 is 0 Å². The molecule has 1 amide bonds. The summed E-state index contributed by atoms with van der Waals surface area (Å²) < 4.78 is 47.5. The lowest BCUT2D eigenvalue weighted by atomic mass is 9.96. The van der Waals surface area contributed by atoms with Crippen molar-refractivity contribution in [2.45, 2.75) is 23.8 Å². The van der Waals surface area contributed by atoms with Crippen LogP contribution >= 0.6 is 0 Å². The van der Waals surface area contributed by atoms with Crippen LogP contribution in [0, 0.1) is 11.7 Å². The van der Waals surface area contributed by atoms with Gasteiger partial charge in [-0.2, -0.15) is 4.31 Å². The molecule has 3 aromatic rings. The third-order valence-corrected chi connectivity index (χ3v) is 8.02. The lowest BCUT2D eigenvalue weighted by Gasteiger charge is -2.31. The summed E-state index contributed by atoms with van der Waals surface area (Å²) in [5.41, 5.74) is 0.832. The molecule has 2 heterocycles. The number of aromatic nitrogens is 2. The van der Waals surface area contributed by atoms with E-state index in [-0.39, 0.29) is 29.8 Å². The second-order valence-electron chi connectivity index (χ2n) is 8.25. The van der Waals surface area contributed by atoms with E-state index >= 15 is 0 Å². The number of nitrogens with zero attached hydrogens (tertiary/aromatic N) is 3. The lowest BCUT2D eigenvalue weighted by Crippen LogP contribution is -2.44. The Balaban J connectivity index is 1.47. The van der Waals surface area contributed by atoms with Gasteiger partial charge in [0.25, 0.3) is 0 Å². The molecule has 1 N–H and O–H groups in total. The number of imidazole rings is 1. The second-order valence-corrected chi connectivity index (χ2v) is 10.2. The quantitative estimate of drug-likeness (QED) is 0.554. The minimum absolute atomic E-state index is 0.0460. The molecule has 8 nitrogen and oxygen atoms in total. The molecule has 0 bridgehead atoms. The highest BCUT2D eigenvalue weighted by Crippen LogP contribution is 2.28. The molecule has 2 aromatic carbocycles. The molecule has 1 aliphatic rings. The number of methoxy groups -OCH3 is 1. The highest BCUT2D eigenvalue weighted by Gasteiger charge is 2.33. The number of halogens is 1. The molecule has 1 aliphatic heterocycles. The first-order valence-electron chi connectivity index (χ1n) is 11.0. The van der Waals surface area contributed by atoms with E-state index in [4.69, 9.17) is 4.74 Å². The van der Waals surface area contributed by atoms with Gasteiger partial charge in [-0.05, 0) is 54.8 Å². The number of carbonyl (C=O) groups is 1. The molecule has 0 aliphatic carbocycles. The van der Waals surface area contributed by atoms with E-state index < -0.39 is 21.9 Å². The van der Waals surface area contributed by atoms with Crippen molar-refractivity contribution >= 4 is 15.9 Å². The first kappa shape index (κ1) is 23.9. The molecular weight excluding hydrogens is 459 g/mol. The van der Waals surface area contributed by atoms with Crippen LogP contribution in [-0.2, 0) is 21.9 Å². The molecule has 1 unspecified atom stereocenters. The van der Waals surface area contributed by atoms with Crippen molar-refractivity contribution in [2.24, 2.45) is 13.0 Å². The van der Waals surface area contributed by atoms with Crippen molar-refractivity contribution in [3.63, 3.8) is 0 Å². The fourth-order valence-corrected chi connectivity index (χ4v) is 5.62. The van der Waals surface area contributed by atoms with Crippen LogP contribution in [-0.4, -0.2) is 48.4 Å². The molecule has 0 radical (unpaired) electrons. The predicted molar refractivity (Wildman–Crippen MR) is 124 cm³/mol. The molecule has 0 saturated carbocycles. The van der Waals surface area contributed by atoms with Gasteiger partial charge in [-0.15, -0.1) is 0 Å². The topological polar surface area (TPSA) is 93.5 Å². The van der Waals surface area contributed by atoms with E-state index in [0.29, 0.717) is 24.4 Å². The lowest BCUT2D eigenvalue weighted by molar-refractivity contribution is -0.126. The zero-order valence-corrected chi connectivity index (χ0v) is 19.8. The molecular formula is C24H27FN4O4S. The van der Waals surface area contributed by atoms with Crippen molar-refractivity contribution in [1.29, 1.82) is 0 Å². The largest absolute Gasteiger partial charge is 0.497 e. The van der Waals surface area contributed by atoms with Crippen molar-refractivity contribution in [3.8, 4) is 5.75 Å². The number of sulfonamides is 1. The van der Waals surface area contributed by atoms with E-state index in [0.717, 1.165) is 17.7 Å². The van der Waals surface area contributed by atoms with Gasteiger partial charge in [0, 0.05) is 38.4 Å². The Morgan fingerprint density at radius 1 is 1.18 bits per heavy atom. The van der Waals surface area contributed by atoms with Crippen LogP contribution in [0.25, 0.3) is 0 Å². The summed E-state index contributed by atoms with van der Waals surface area (Å²) in [4.78, 5) is 17.7. The first-order valence-corrected chi connectivity index (χ1v) is 12.4. The number of rotatable bonds is 7. The van der Waals surface area contributed by atoms with E-state index in [2.05, 4.69) is 10.3 Å². The summed E-state index contributed by atoms with van der Waals surface area (Å²) >= 11 is 0. The fraction of sp³-hybridized carbons (Fsp3) is 0.333. The summed E-state index contributed by atoms with van der Waals surface area (Å²) in [6.45, 7) is 0.425. The Kier molecular flexibility index (Phi) is 6.99. The molecule has 180 valence electrons. The standard InChI is InChI=1S/C24H27FN4O4S/c1-28-15-12-26-23(28)22(18-4-3-5-20(16-18)33-2)27-24(30)17-10-13-29(14-11-17)34(31,32)21-8-6-19(25)7-9-21/h3-9,12,15-17,22H,10-11,13-14H2,1-2H3,(H,27,30). The molecule has 0 spiro atoms. The van der Waals surface area contributed by atoms with Crippen LogP contribution < -0.4 is 10.1 Å². The fourth-order valence-electron chi connectivity index (χ4n) is 4.15. The summed E-state index contributed by atoms with van der Waals surface area (Å²) in [6, 6.07) is 11.7. The molecule has 1 saturated heterocycles. The maximum atomic E-state index is 13.2. The zero-order valence-electron chi connectivity index (χ0n) is 19.0. The SMILES string of the molecule is COc1cccc(C(NC(=O)C2CCN(S(=O)(=O)c3ccc(F)cc3)CC2)c2nccn2C)c1. The van der Waals surface area contributed by atoms with Crippen LogP contribution in [0.4, 0.5) is 4.39 Å². The molecule has 10 heteroatoms. The van der Waals surface area contributed by atoms with Crippen molar-refractivity contribution in [3.05, 3.63) is 78.1 Å². The number of hydrogen-bond acceptors (Lipinski definition) is 5. The van der Waals surface area contributed by atoms with Crippen LogP contribution in [0.2, 0.25) is 0 Å². The highest BCUT2D eigenvalue weighted by molar-refractivity contribution is 7.89. The Morgan fingerprint density at radius 2 is 1.88 bits per heavy atom. The number of nitrogens with one attached hydrogen (secondary N) is 1. The summed E-state index contributed by atoms with van der Waals surface area (Å²) in [6.07, 6.45) is 4.26. The number of carbonyl (C=O) groups excluding carboxylic acids is 1. The first-order chi connectivity index (χ1) is 16.3. The number of piperidine rings is 1. The summed E-state index contributed by atoms with van der Waals surface area (Å²) in [7, 11) is -0.289.